The Bertz CT molecular complexity index is 460. The van der Waals surface area contributed by atoms with Crippen LogP contribution in [-0.2, 0) is 11.3 Å². The van der Waals surface area contributed by atoms with Crippen LogP contribution in [0.15, 0.2) is 21.2 Å². The molecule has 19 heavy (non-hydrogen) atoms. The molecule has 0 unspecified atom stereocenters. The molecule has 0 bridgehead atoms. The number of rotatable bonds is 3. The lowest BCUT2D eigenvalue weighted by Crippen LogP contribution is -2.44. The zero-order valence-corrected chi connectivity index (χ0v) is 12.5. The fourth-order valence-electron chi connectivity index (χ4n) is 3.28. The molecule has 1 N–H and O–H groups in total. The van der Waals surface area contributed by atoms with Gasteiger partial charge in [-0.1, -0.05) is 6.42 Å². The van der Waals surface area contributed by atoms with Gasteiger partial charge in [0.2, 0.25) is 5.91 Å². The van der Waals surface area contributed by atoms with Crippen LogP contribution in [0.25, 0.3) is 0 Å². The summed E-state index contributed by atoms with van der Waals surface area (Å²) in [5.41, 5.74) is 0. The van der Waals surface area contributed by atoms with Gasteiger partial charge in [0, 0.05) is 24.9 Å². The summed E-state index contributed by atoms with van der Waals surface area (Å²) in [6.07, 6.45) is 4.39. The van der Waals surface area contributed by atoms with E-state index in [9.17, 15) is 4.79 Å². The number of hydrogen-bond acceptors (Lipinski definition) is 3. The average molecular weight is 327 g/mol. The van der Waals surface area contributed by atoms with Crippen molar-refractivity contribution in [2.75, 3.05) is 13.1 Å². The lowest BCUT2D eigenvalue weighted by molar-refractivity contribution is -0.119. The Balaban J connectivity index is 1.68. The molecule has 1 amide bonds. The topological polar surface area (TPSA) is 45.5 Å². The third kappa shape index (κ3) is 3.03. The van der Waals surface area contributed by atoms with Crippen molar-refractivity contribution in [1.82, 2.24) is 10.2 Å². The van der Waals surface area contributed by atoms with E-state index in [-0.39, 0.29) is 5.91 Å². The quantitative estimate of drug-likeness (QED) is 0.928. The summed E-state index contributed by atoms with van der Waals surface area (Å²) in [5.74, 6) is 1.67. The number of carbonyl (C=O) groups excluding carboxylic acids is 1. The largest absolute Gasteiger partial charge is 0.453 e. The molecule has 1 aromatic heterocycles. The van der Waals surface area contributed by atoms with Crippen LogP contribution in [0.3, 0.4) is 0 Å². The summed E-state index contributed by atoms with van der Waals surface area (Å²) in [6.45, 7) is 2.79. The Labute approximate surface area is 121 Å². The van der Waals surface area contributed by atoms with E-state index in [0.717, 1.165) is 30.1 Å². The molecule has 0 aromatic carbocycles. The highest BCUT2D eigenvalue weighted by molar-refractivity contribution is 9.10. The van der Waals surface area contributed by atoms with E-state index in [1.165, 1.54) is 19.3 Å². The van der Waals surface area contributed by atoms with Gasteiger partial charge < -0.3 is 9.73 Å². The summed E-state index contributed by atoms with van der Waals surface area (Å²) in [6, 6.07) is 4.47. The normalized spacial score (nSPS) is 28.6. The highest BCUT2D eigenvalue weighted by atomic mass is 79.9. The Morgan fingerprint density at radius 1 is 1.42 bits per heavy atom. The van der Waals surface area contributed by atoms with Crippen molar-refractivity contribution in [3.63, 3.8) is 0 Å². The molecule has 5 heteroatoms. The van der Waals surface area contributed by atoms with E-state index < -0.39 is 0 Å². The van der Waals surface area contributed by atoms with Crippen LogP contribution < -0.4 is 5.32 Å². The minimum Gasteiger partial charge on any atom is -0.453 e. The molecule has 0 spiro atoms. The smallest absolute Gasteiger partial charge is 0.220 e. The van der Waals surface area contributed by atoms with Gasteiger partial charge in [-0.15, -0.1) is 0 Å². The van der Waals surface area contributed by atoms with E-state index in [4.69, 9.17) is 4.42 Å². The molecule has 0 aliphatic carbocycles. The van der Waals surface area contributed by atoms with Crippen molar-refractivity contribution < 1.29 is 9.21 Å². The summed E-state index contributed by atoms with van der Waals surface area (Å²) in [7, 11) is 0. The third-order valence-electron chi connectivity index (χ3n) is 4.21. The van der Waals surface area contributed by atoms with Crippen molar-refractivity contribution >= 4 is 21.8 Å². The molecular weight excluding hydrogens is 308 g/mol. The molecule has 1 aromatic rings. The van der Waals surface area contributed by atoms with Crippen LogP contribution in [0.2, 0.25) is 0 Å². The summed E-state index contributed by atoms with van der Waals surface area (Å²) in [5, 5.41) is 2.96. The first kappa shape index (κ1) is 13.2. The maximum atomic E-state index is 11.4. The molecule has 2 aliphatic rings. The molecule has 104 valence electrons. The van der Waals surface area contributed by atoms with E-state index in [0.29, 0.717) is 18.4 Å². The monoisotopic (exact) mass is 326 g/mol. The third-order valence-corrected chi connectivity index (χ3v) is 4.63. The van der Waals surface area contributed by atoms with Gasteiger partial charge >= 0.3 is 0 Å². The predicted octanol–water partition coefficient (Wildman–Crippen LogP) is 2.53. The Hall–Kier alpha value is -0.810. The predicted molar refractivity (Wildman–Crippen MR) is 75.6 cm³/mol. The minimum atomic E-state index is 0.205. The van der Waals surface area contributed by atoms with Gasteiger partial charge in [-0.3, -0.25) is 9.69 Å². The number of nitrogens with one attached hydrogen (secondary N) is 1. The van der Waals surface area contributed by atoms with Crippen molar-refractivity contribution in [1.29, 1.82) is 0 Å². The summed E-state index contributed by atoms with van der Waals surface area (Å²) < 4.78 is 6.40. The molecule has 3 heterocycles. The molecule has 2 saturated heterocycles. The van der Waals surface area contributed by atoms with Gasteiger partial charge in [-0.2, -0.15) is 0 Å². The molecule has 3 rings (SSSR count). The van der Waals surface area contributed by atoms with Crippen LogP contribution in [0.1, 0.15) is 31.4 Å². The van der Waals surface area contributed by atoms with Crippen LogP contribution in [0.4, 0.5) is 0 Å². The maximum Gasteiger partial charge on any atom is 0.220 e. The fourth-order valence-corrected chi connectivity index (χ4v) is 3.62. The number of nitrogens with zero attached hydrogens (tertiary/aromatic N) is 1. The van der Waals surface area contributed by atoms with Crippen molar-refractivity contribution in [2.24, 2.45) is 5.92 Å². The SMILES string of the molecule is O=C1C[C@@H]([C@H]2CCCCN2Cc2ccc(Br)o2)CN1. The van der Waals surface area contributed by atoms with Gasteiger partial charge in [0.05, 0.1) is 6.54 Å². The maximum absolute atomic E-state index is 11.4. The standard InChI is InChI=1S/C14H19BrN2O2/c15-13-5-4-11(19-13)9-17-6-2-1-3-12(17)10-7-14(18)16-8-10/h4-5,10,12H,1-3,6-9H2,(H,16,18)/t10-,12-/m1/s1. The Morgan fingerprint density at radius 3 is 3.00 bits per heavy atom. The molecule has 2 atom stereocenters. The molecule has 0 saturated carbocycles. The summed E-state index contributed by atoms with van der Waals surface area (Å²) >= 11 is 3.35. The number of carbonyl (C=O) groups is 1. The Kier molecular flexibility index (Phi) is 3.93. The van der Waals surface area contributed by atoms with E-state index in [1.54, 1.807) is 0 Å². The number of furan rings is 1. The highest BCUT2D eigenvalue weighted by Gasteiger charge is 2.34. The first-order chi connectivity index (χ1) is 9.22. The number of likely N-dealkylation sites (tertiary alicyclic amines) is 1. The Morgan fingerprint density at radius 2 is 2.32 bits per heavy atom. The number of amides is 1. The second-order valence-corrected chi connectivity index (χ2v) is 6.29. The van der Waals surface area contributed by atoms with Crippen molar-refractivity contribution in [3.05, 3.63) is 22.6 Å². The van der Waals surface area contributed by atoms with Gasteiger partial charge in [-0.25, -0.2) is 0 Å². The number of hydrogen-bond donors (Lipinski definition) is 1. The lowest BCUT2D eigenvalue weighted by Gasteiger charge is -2.38. The van der Waals surface area contributed by atoms with Crippen LogP contribution in [0, 0.1) is 5.92 Å². The molecule has 4 nitrogen and oxygen atoms in total. The van der Waals surface area contributed by atoms with Crippen LogP contribution in [-0.4, -0.2) is 29.9 Å². The zero-order chi connectivity index (χ0) is 13.2. The van der Waals surface area contributed by atoms with Crippen molar-refractivity contribution in [2.45, 2.75) is 38.3 Å². The first-order valence-electron chi connectivity index (χ1n) is 6.97. The second-order valence-electron chi connectivity index (χ2n) is 5.51. The van der Waals surface area contributed by atoms with E-state index >= 15 is 0 Å². The summed E-state index contributed by atoms with van der Waals surface area (Å²) in [4.78, 5) is 13.9. The van der Waals surface area contributed by atoms with Gasteiger partial charge in [0.15, 0.2) is 4.67 Å². The van der Waals surface area contributed by atoms with Gasteiger partial charge in [0.1, 0.15) is 5.76 Å². The molecular formula is C14H19BrN2O2. The van der Waals surface area contributed by atoms with Gasteiger partial charge in [-0.05, 0) is 47.4 Å². The zero-order valence-electron chi connectivity index (χ0n) is 10.9. The average Bonchev–Trinajstić information content (AvgIpc) is 2.99. The van der Waals surface area contributed by atoms with Crippen LogP contribution in [0.5, 0.6) is 0 Å². The van der Waals surface area contributed by atoms with E-state index in [1.807, 2.05) is 12.1 Å². The molecule has 0 radical (unpaired) electrons. The van der Waals surface area contributed by atoms with Crippen molar-refractivity contribution in [3.8, 4) is 0 Å². The fraction of sp³-hybridized carbons (Fsp3) is 0.643. The number of piperidine rings is 1. The van der Waals surface area contributed by atoms with Gasteiger partial charge in [0.25, 0.3) is 0 Å². The first-order valence-corrected chi connectivity index (χ1v) is 7.76. The molecule has 2 fully saturated rings. The highest BCUT2D eigenvalue weighted by Crippen LogP contribution is 2.29. The van der Waals surface area contributed by atoms with E-state index in [2.05, 4.69) is 26.1 Å². The lowest BCUT2D eigenvalue weighted by atomic mass is 9.89. The van der Waals surface area contributed by atoms with Crippen LogP contribution >= 0.6 is 15.9 Å². The second kappa shape index (κ2) is 5.67. The molecule has 2 aliphatic heterocycles. The minimum absolute atomic E-state index is 0.205. The number of halogens is 1.